The molecule has 0 unspecified atom stereocenters. The highest BCUT2D eigenvalue weighted by Gasteiger charge is 2.21. The van der Waals surface area contributed by atoms with Crippen LogP contribution in [0.5, 0.6) is 5.75 Å². The van der Waals surface area contributed by atoms with Gasteiger partial charge in [-0.3, -0.25) is 14.7 Å². The van der Waals surface area contributed by atoms with Gasteiger partial charge in [0.25, 0.3) is 5.91 Å². The molecule has 0 aliphatic carbocycles. The summed E-state index contributed by atoms with van der Waals surface area (Å²) >= 11 is 0. The van der Waals surface area contributed by atoms with Gasteiger partial charge < -0.3 is 19.6 Å². The highest BCUT2D eigenvalue weighted by molar-refractivity contribution is 5.94. The van der Waals surface area contributed by atoms with E-state index in [0.717, 1.165) is 43.9 Å². The molecule has 3 aromatic rings. The van der Waals surface area contributed by atoms with E-state index in [2.05, 4.69) is 15.2 Å². The highest BCUT2D eigenvalue weighted by atomic mass is 16.5. The molecule has 31 heavy (non-hydrogen) atoms. The lowest BCUT2D eigenvalue weighted by Gasteiger charge is -2.31. The van der Waals surface area contributed by atoms with Crippen molar-refractivity contribution in [1.82, 2.24) is 15.2 Å². The number of ether oxygens (including phenoxy) is 1. The number of amides is 1. The van der Waals surface area contributed by atoms with Gasteiger partial charge in [0.05, 0.1) is 18.8 Å². The Balaban J connectivity index is 1.25. The summed E-state index contributed by atoms with van der Waals surface area (Å²) < 4.78 is 11.7. The third kappa shape index (κ3) is 5.93. The van der Waals surface area contributed by atoms with E-state index in [0.29, 0.717) is 23.6 Å². The number of piperidine rings is 1. The van der Waals surface area contributed by atoms with Gasteiger partial charge in [-0.2, -0.15) is 0 Å². The van der Waals surface area contributed by atoms with Crippen molar-refractivity contribution in [3.8, 4) is 5.75 Å². The summed E-state index contributed by atoms with van der Waals surface area (Å²) in [6, 6.07) is 16.7. The van der Waals surface area contributed by atoms with Crippen LogP contribution >= 0.6 is 0 Å². The molecule has 0 saturated carbocycles. The number of carbonyl (C=O) groups is 1. The molecule has 4 rings (SSSR count). The molecule has 0 bridgehead atoms. The summed E-state index contributed by atoms with van der Waals surface area (Å²) in [7, 11) is 0. The molecule has 0 atom stereocenters. The second-order valence-corrected chi connectivity index (χ2v) is 7.65. The number of nitrogens with one attached hydrogen (secondary N) is 1. The fourth-order valence-corrected chi connectivity index (χ4v) is 3.68. The molecule has 162 valence electrons. The Hall–Kier alpha value is -3.16. The molecule has 1 fully saturated rings. The topological polar surface area (TPSA) is 87.8 Å². The minimum atomic E-state index is -0.147. The van der Waals surface area contributed by atoms with Gasteiger partial charge in [0.2, 0.25) is 0 Å². The van der Waals surface area contributed by atoms with E-state index < -0.39 is 0 Å². The van der Waals surface area contributed by atoms with E-state index in [-0.39, 0.29) is 18.6 Å². The minimum Gasteiger partial charge on any atom is -0.490 e. The summed E-state index contributed by atoms with van der Waals surface area (Å²) in [6.45, 7) is 2.86. The molecule has 1 saturated heterocycles. The fraction of sp³-hybridized carbons (Fsp3) is 0.333. The molecular formula is C24H27N3O4. The molecule has 3 heterocycles. The van der Waals surface area contributed by atoms with Gasteiger partial charge in [0.15, 0.2) is 0 Å². The Labute approximate surface area is 181 Å². The normalized spacial score (nSPS) is 15.0. The molecule has 2 N–H and O–H groups in total. The smallest absolute Gasteiger partial charge is 0.251 e. The molecule has 7 nitrogen and oxygen atoms in total. The van der Waals surface area contributed by atoms with Crippen LogP contribution in [0.1, 0.15) is 40.4 Å². The molecule has 1 amide bonds. The van der Waals surface area contributed by atoms with Gasteiger partial charge in [-0.05, 0) is 55.3 Å². The van der Waals surface area contributed by atoms with Crippen LogP contribution in [0, 0.1) is 0 Å². The molecule has 2 aromatic heterocycles. The maximum atomic E-state index is 12.5. The number of nitrogens with zero attached hydrogens (tertiary/aromatic N) is 2. The third-order valence-electron chi connectivity index (χ3n) is 5.34. The second-order valence-electron chi connectivity index (χ2n) is 7.65. The van der Waals surface area contributed by atoms with Crippen molar-refractivity contribution in [3.05, 3.63) is 83.6 Å². The number of aromatic nitrogens is 1. The van der Waals surface area contributed by atoms with Gasteiger partial charge >= 0.3 is 0 Å². The molecule has 0 radical (unpaired) electrons. The highest BCUT2D eigenvalue weighted by Crippen LogP contribution is 2.22. The number of aliphatic hydroxyl groups excluding tert-OH is 1. The largest absolute Gasteiger partial charge is 0.490 e. The number of hydrogen-bond donors (Lipinski definition) is 2. The lowest BCUT2D eigenvalue weighted by molar-refractivity contribution is 0.0909. The number of aliphatic hydroxyl groups is 1. The number of furan rings is 1. The summed E-state index contributed by atoms with van der Waals surface area (Å²) in [6.07, 6.45) is 3.64. The first-order valence-corrected chi connectivity index (χ1v) is 10.6. The van der Waals surface area contributed by atoms with Crippen molar-refractivity contribution < 1.29 is 19.1 Å². The van der Waals surface area contributed by atoms with Crippen molar-refractivity contribution in [2.75, 3.05) is 13.1 Å². The van der Waals surface area contributed by atoms with E-state index in [1.165, 1.54) is 0 Å². The molecule has 7 heteroatoms. The minimum absolute atomic E-state index is 0.0733. The lowest BCUT2D eigenvalue weighted by atomic mass is 10.1. The SMILES string of the molecule is O=C(NCc1ccccn1)c1cccc(OC2CCN(Cc3ccc(CO)o3)CC2)c1. The Morgan fingerprint density at radius 2 is 1.97 bits per heavy atom. The van der Waals surface area contributed by atoms with Crippen LogP contribution in [0.25, 0.3) is 0 Å². The predicted octanol–water partition coefficient (Wildman–Crippen LogP) is 3.14. The number of hydrogen-bond acceptors (Lipinski definition) is 6. The maximum absolute atomic E-state index is 12.5. The van der Waals surface area contributed by atoms with Crippen molar-refractivity contribution >= 4 is 5.91 Å². The summed E-state index contributed by atoms with van der Waals surface area (Å²) in [5.74, 6) is 2.03. The number of pyridine rings is 1. The van der Waals surface area contributed by atoms with Gasteiger partial charge in [-0.15, -0.1) is 0 Å². The Morgan fingerprint density at radius 1 is 1.13 bits per heavy atom. The van der Waals surface area contributed by atoms with Crippen molar-refractivity contribution in [3.63, 3.8) is 0 Å². The first-order valence-electron chi connectivity index (χ1n) is 10.6. The number of carbonyl (C=O) groups excluding carboxylic acids is 1. The van der Waals surface area contributed by atoms with Crippen LogP contribution in [0.2, 0.25) is 0 Å². The van der Waals surface area contributed by atoms with E-state index in [1.54, 1.807) is 18.3 Å². The third-order valence-corrected chi connectivity index (χ3v) is 5.34. The molecule has 0 spiro atoms. The van der Waals surface area contributed by atoms with Gasteiger partial charge in [0.1, 0.15) is 30.0 Å². The summed E-state index contributed by atoms with van der Waals surface area (Å²) in [5, 5.41) is 12.0. The average molecular weight is 421 g/mol. The molecule has 1 aliphatic rings. The van der Waals surface area contributed by atoms with Crippen molar-refractivity contribution in [1.29, 1.82) is 0 Å². The van der Waals surface area contributed by atoms with E-state index in [1.807, 2.05) is 42.5 Å². The average Bonchev–Trinajstić information content (AvgIpc) is 3.27. The standard InChI is InChI=1S/C24H27N3O4/c28-17-23-8-7-22(31-23)16-27-12-9-20(10-13-27)30-21-6-3-4-18(14-21)24(29)26-15-19-5-1-2-11-25-19/h1-8,11,14,20,28H,9-10,12-13,15-17H2,(H,26,29). The summed E-state index contributed by atoms with van der Waals surface area (Å²) in [4.78, 5) is 19.0. The van der Waals surface area contributed by atoms with Crippen LogP contribution in [0.3, 0.4) is 0 Å². The Kier molecular flexibility index (Phi) is 6.96. The van der Waals surface area contributed by atoms with Crippen molar-refractivity contribution in [2.45, 2.75) is 38.6 Å². The van der Waals surface area contributed by atoms with Gasteiger partial charge in [0, 0.05) is 24.8 Å². The lowest BCUT2D eigenvalue weighted by Crippen LogP contribution is -2.37. The maximum Gasteiger partial charge on any atom is 0.251 e. The van der Waals surface area contributed by atoms with E-state index in [4.69, 9.17) is 14.3 Å². The van der Waals surface area contributed by atoms with E-state index in [9.17, 15) is 4.79 Å². The zero-order valence-electron chi connectivity index (χ0n) is 17.4. The zero-order valence-corrected chi connectivity index (χ0v) is 17.4. The van der Waals surface area contributed by atoms with E-state index >= 15 is 0 Å². The number of benzene rings is 1. The number of likely N-dealkylation sites (tertiary alicyclic amines) is 1. The molecule has 1 aliphatic heterocycles. The van der Waals surface area contributed by atoms with Crippen molar-refractivity contribution in [2.24, 2.45) is 0 Å². The fourth-order valence-electron chi connectivity index (χ4n) is 3.68. The Morgan fingerprint density at radius 3 is 2.71 bits per heavy atom. The van der Waals surface area contributed by atoms with Crippen LogP contribution in [-0.2, 0) is 19.7 Å². The number of rotatable bonds is 8. The predicted molar refractivity (Wildman–Crippen MR) is 115 cm³/mol. The summed E-state index contributed by atoms with van der Waals surface area (Å²) in [5.41, 5.74) is 1.39. The Bertz CT molecular complexity index is 981. The quantitative estimate of drug-likeness (QED) is 0.581. The second kappa shape index (κ2) is 10.2. The van der Waals surface area contributed by atoms with Crippen LogP contribution in [0.4, 0.5) is 0 Å². The zero-order chi connectivity index (χ0) is 21.5. The van der Waals surface area contributed by atoms with Gasteiger partial charge in [-0.1, -0.05) is 12.1 Å². The first-order chi connectivity index (χ1) is 15.2. The van der Waals surface area contributed by atoms with Crippen LogP contribution < -0.4 is 10.1 Å². The molecule has 1 aromatic carbocycles. The monoisotopic (exact) mass is 421 g/mol. The van der Waals surface area contributed by atoms with Crippen LogP contribution in [-0.4, -0.2) is 40.1 Å². The van der Waals surface area contributed by atoms with Gasteiger partial charge in [-0.25, -0.2) is 0 Å². The van der Waals surface area contributed by atoms with Crippen LogP contribution in [0.15, 0.2) is 65.2 Å². The molecular weight excluding hydrogens is 394 g/mol. The first kappa shape index (κ1) is 21.1.